The highest BCUT2D eigenvalue weighted by Gasteiger charge is 2.22. The lowest BCUT2D eigenvalue weighted by Crippen LogP contribution is -2.51. The molecule has 7 heteroatoms. The Balaban J connectivity index is 1.31. The lowest BCUT2D eigenvalue weighted by Gasteiger charge is -2.34. The number of carbonyl (C=O) groups excluding carboxylic acids is 3. The van der Waals surface area contributed by atoms with Crippen LogP contribution in [0, 0.1) is 0 Å². The summed E-state index contributed by atoms with van der Waals surface area (Å²) in [5.41, 5.74) is 1.66. The van der Waals surface area contributed by atoms with Crippen LogP contribution in [0.25, 0.3) is 0 Å². The summed E-state index contributed by atoms with van der Waals surface area (Å²) in [5, 5.41) is 5.71. The van der Waals surface area contributed by atoms with E-state index in [4.69, 9.17) is 0 Å². The van der Waals surface area contributed by atoms with Gasteiger partial charge in [-0.05, 0) is 17.7 Å². The van der Waals surface area contributed by atoms with E-state index >= 15 is 0 Å². The maximum atomic E-state index is 12.4. The van der Waals surface area contributed by atoms with Crippen LogP contribution in [0.4, 0.5) is 0 Å². The molecule has 2 aromatic rings. The second kappa shape index (κ2) is 11.1. The largest absolute Gasteiger partial charge is 0.352 e. The summed E-state index contributed by atoms with van der Waals surface area (Å²) in [5.74, 6) is -0.159. The van der Waals surface area contributed by atoms with Crippen LogP contribution < -0.4 is 10.6 Å². The van der Waals surface area contributed by atoms with Crippen LogP contribution in [0.3, 0.4) is 0 Å². The second-order valence-corrected chi connectivity index (χ2v) is 7.29. The van der Waals surface area contributed by atoms with Crippen molar-refractivity contribution in [2.45, 2.75) is 13.0 Å². The third-order valence-electron chi connectivity index (χ3n) is 5.09. The molecule has 7 nitrogen and oxygen atoms in total. The quantitative estimate of drug-likeness (QED) is 0.689. The number of carbonyl (C=O) groups is 3. The van der Waals surface area contributed by atoms with Gasteiger partial charge in [-0.3, -0.25) is 19.3 Å². The molecule has 1 saturated heterocycles. The minimum absolute atomic E-state index is 0.0118. The van der Waals surface area contributed by atoms with E-state index in [-0.39, 0.29) is 24.1 Å². The number of benzene rings is 2. The van der Waals surface area contributed by atoms with E-state index in [1.807, 2.05) is 48.5 Å². The fourth-order valence-electron chi connectivity index (χ4n) is 3.34. The molecule has 1 aliphatic rings. The van der Waals surface area contributed by atoms with Crippen molar-refractivity contribution in [1.82, 2.24) is 20.4 Å². The van der Waals surface area contributed by atoms with Gasteiger partial charge in [-0.25, -0.2) is 0 Å². The van der Waals surface area contributed by atoms with Crippen LogP contribution >= 0.6 is 0 Å². The molecule has 158 valence electrons. The molecule has 0 unspecified atom stereocenters. The lowest BCUT2D eigenvalue weighted by atomic mass is 10.2. The van der Waals surface area contributed by atoms with Crippen molar-refractivity contribution >= 4 is 17.7 Å². The first kappa shape index (κ1) is 21.5. The molecule has 0 saturated carbocycles. The Morgan fingerprint density at radius 2 is 1.43 bits per heavy atom. The number of nitrogens with zero attached hydrogens (tertiary/aromatic N) is 2. The number of hydrogen-bond acceptors (Lipinski definition) is 4. The van der Waals surface area contributed by atoms with Gasteiger partial charge < -0.3 is 15.5 Å². The van der Waals surface area contributed by atoms with Gasteiger partial charge in [-0.1, -0.05) is 48.5 Å². The predicted octanol–water partition coefficient (Wildman–Crippen LogP) is 1.27. The van der Waals surface area contributed by atoms with E-state index < -0.39 is 0 Å². The Labute approximate surface area is 177 Å². The molecule has 2 N–H and O–H groups in total. The van der Waals surface area contributed by atoms with E-state index in [1.165, 1.54) is 0 Å². The predicted molar refractivity (Wildman–Crippen MR) is 115 cm³/mol. The standard InChI is InChI=1S/C23H28N4O3/c28-21(25-17-19-7-3-1-4-8-19)18-26-13-15-27(16-14-26)22(29)11-12-24-23(30)20-9-5-2-6-10-20/h1-10H,11-18H2,(H,24,30)(H,25,28). The Bertz CT molecular complexity index is 834. The maximum absolute atomic E-state index is 12.4. The number of piperazine rings is 1. The van der Waals surface area contributed by atoms with Crippen LogP contribution in [0.1, 0.15) is 22.3 Å². The molecule has 1 heterocycles. The summed E-state index contributed by atoms with van der Waals surface area (Å²) >= 11 is 0. The van der Waals surface area contributed by atoms with Crippen LogP contribution in [0.15, 0.2) is 60.7 Å². The highest BCUT2D eigenvalue weighted by Crippen LogP contribution is 2.04. The molecule has 0 bridgehead atoms. The van der Waals surface area contributed by atoms with Crippen LogP contribution in [0.5, 0.6) is 0 Å². The molecule has 0 aromatic heterocycles. The van der Waals surface area contributed by atoms with Crippen molar-refractivity contribution in [2.75, 3.05) is 39.3 Å². The number of nitrogens with one attached hydrogen (secondary N) is 2. The van der Waals surface area contributed by atoms with Gasteiger partial charge in [0.1, 0.15) is 0 Å². The van der Waals surface area contributed by atoms with E-state index in [2.05, 4.69) is 15.5 Å². The van der Waals surface area contributed by atoms with Crippen molar-refractivity contribution in [2.24, 2.45) is 0 Å². The van der Waals surface area contributed by atoms with Gasteiger partial charge in [0.2, 0.25) is 11.8 Å². The molecule has 1 fully saturated rings. The highest BCUT2D eigenvalue weighted by molar-refractivity contribution is 5.94. The van der Waals surface area contributed by atoms with Gasteiger partial charge >= 0.3 is 0 Å². The topological polar surface area (TPSA) is 81.8 Å². The first-order valence-corrected chi connectivity index (χ1v) is 10.3. The number of hydrogen-bond donors (Lipinski definition) is 2. The Kier molecular flexibility index (Phi) is 7.97. The minimum atomic E-state index is -0.172. The van der Waals surface area contributed by atoms with Gasteiger partial charge in [-0.2, -0.15) is 0 Å². The summed E-state index contributed by atoms with van der Waals surface area (Å²) in [6.45, 7) is 3.69. The zero-order valence-electron chi connectivity index (χ0n) is 17.0. The van der Waals surface area contributed by atoms with E-state index in [9.17, 15) is 14.4 Å². The highest BCUT2D eigenvalue weighted by atomic mass is 16.2. The third kappa shape index (κ3) is 6.70. The minimum Gasteiger partial charge on any atom is -0.352 e. The SMILES string of the molecule is O=C(CN1CCN(C(=O)CCNC(=O)c2ccccc2)CC1)NCc1ccccc1. The second-order valence-electron chi connectivity index (χ2n) is 7.29. The zero-order valence-corrected chi connectivity index (χ0v) is 17.0. The molecule has 0 radical (unpaired) electrons. The Hall–Kier alpha value is -3.19. The average Bonchev–Trinajstić information content (AvgIpc) is 2.79. The van der Waals surface area contributed by atoms with Gasteiger partial charge in [-0.15, -0.1) is 0 Å². The number of amides is 3. The van der Waals surface area contributed by atoms with Crippen molar-refractivity contribution < 1.29 is 14.4 Å². The molecule has 0 atom stereocenters. The molecule has 30 heavy (non-hydrogen) atoms. The summed E-state index contributed by atoms with van der Waals surface area (Å²) in [4.78, 5) is 40.4. The monoisotopic (exact) mass is 408 g/mol. The van der Waals surface area contributed by atoms with Crippen LogP contribution in [0.2, 0.25) is 0 Å². The molecular formula is C23H28N4O3. The normalized spacial score (nSPS) is 14.2. The van der Waals surface area contributed by atoms with Gasteiger partial charge in [0, 0.05) is 51.3 Å². The first-order valence-electron chi connectivity index (χ1n) is 10.3. The van der Waals surface area contributed by atoms with Crippen LogP contribution in [-0.4, -0.2) is 66.8 Å². The molecule has 0 aliphatic carbocycles. The summed E-state index contributed by atoms with van der Waals surface area (Å²) in [7, 11) is 0. The maximum Gasteiger partial charge on any atom is 0.251 e. The van der Waals surface area contributed by atoms with Crippen LogP contribution in [-0.2, 0) is 16.1 Å². The molecular weight excluding hydrogens is 380 g/mol. The third-order valence-corrected chi connectivity index (χ3v) is 5.09. The van der Waals surface area contributed by atoms with Crippen molar-refractivity contribution in [1.29, 1.82) is 0 Å². The molecule has 3 rings (SSSR count). The molecule has 3 amide bonds. The molecule has 2 aromatic carbocycles. The van der Waals surface area contributed by atoms with E-state index in [0.717, 1.165) is 5.56 Å². The Morgan fingerprint density at radius 1 is 0.800 bits per heavy atom. The first-order chi connectivity index (χ1) is 14.6. The van der Waals surface area contributed by atoms with Crippen molar-refractivity contribution in [3.8, 4) is 0 Å². The average molecular weight is 409 g/mol. The summed E-state index contributed by atoms with van der Waals surface area (Å²) in [6, 6.07) is 18.8. The van der Waals surface area contributed by atoms with Gasteiger partial charge in [0.25, 0.3) is 5.91 Å². The summed E-state index contributed by atoms with van der Waals surface area (Å²) in [6.07, 6.45) is 0.274. The molecule has 1 aliphatic heterocycles. The fourth-order valence-corrected chi connectivity index (χ4v) is 3.34. The van der Waals surface area contributed by atoms with Crippen molar-refractivity contribution in [3.63, 3.8) is 0 Å². The molecule has 0 spiro atoms. The van der Waals surface area contributed by atoms with E-state index in [1.54, 1.807) is 17.0 Å². The fraction of sp³-hybridized carbons (Fsp3) is 0.348. The van der Waals surface area contributed by atoms with E-state index in [0.29, 0.717) is 51.4 Å². The zero-order chi connectivity index (χ0) is 21.2. The lowest BCUT2D eigenvalue weighted by molar-refractivity contribution is -0.133. The van der Waals surface area contributed by atoms with Gasteiger partial charge in [0.15, 0.2) is 0 Å². The van der Waals surface area contributed by atoms with Gasteiger partial charge in [0.05, 0.1) is 6.54 Å². The number of rotatable bonds is 8. The summed E-state index contributed by atoms with van der Waals surface area (Å²) < 4.78 is 0. The smallest absolute Gasteiger partial charge is 0.251 e. The van der Waals surface area contributed by atoms with Crippen molar-refractivity contribution in [3.05, 3.63) is 71.8 Å². The Morgan fingerprint density at radius 3 is 2.10 bits per heavy atom.